The predicted octanol–water partition coefficient (Wildman–Crippen LogP) is 1.96. The van der Waals surface area contributed by atoms with Gasteiger partial charge >= 0.3 is 0 Å². The minimum atomic E-state index is -0.340. The van der Waals surface area contributed by atoms with Crippen molar-refractivity contribution in [3.8, 4) is 0 Å². The molecule has 0 bridgehead atoms. The number of hydrogen-bond donors (Lipinski definition) is 1. The largest absolute Gasteiger partial charge is 0.469 e. The second kappa shape index (κ2) is 4.63. The van der Waals surface area contributed by atoms with Gasteiger partial charge in [0.2, 0.25) is 0 Å². The summed E-state index contributed by atoms with van der Waals surface area (Å²) in [4.78, 5) is 19.6. The maximum Gasteiger partial charge on any atom is 0.271 e. The summed E-state index contributed by atoms with van der Waals surface area (Å²) < 4.78 is 5.21. The lowest BCUT2D eigenvalue weighted by Crippen LogP contribution is -2.21. The van der Waals surface area contributed by atoms with E-state index in [0.717, 1.165) is 11.3 Å². The van der Waals surface area contributed by atoms with Crippen LogP contribution in [-0.4, -0.2) is 17.0 Å². The Morgan fingerprint density at radius 1 is 1.59 bits per heavy atom. The number of H-pyrrole nitrogens is 1. The molecule has 0 saturated heterocycles. The van der Waals surface area contributed by atoms with E-state index in [2.05, 4.69) is 9.97 Å². The third-order valence-corrected chi connectivity index (χ3v) is 2.85. The predicted molar refractivity (Wildman–Crippen MR) is 65.4 cm³/mol. The minimum absolute atomic E-state index is 0.0937. The topological polar surface area (TPSA) is 62.1 Å². The molecule has 2 rings (SSSR count). The van der Waals surface area contributed by atoms with Crippen LogP contribution in [0.15, 0.2) is 27.9 Å². The highest BCUT2D eigenvalue weighted by Gasteiger charge is 2.12. The summed E-state index contributed by atoms with van der Waals surface area (Å²) in [6.45, 7) is 2.47. The number of nitrogens with zero attached hydrogens (tertiary/aromatic N) is 2. The van der Waals surface area contributed by atoms with Gasteiger partial charge in [-0.15, -0.1) is 0 Å². The number of anilines is 1. The van der Waals surface area contributed by atoms with Crippen molar-refractivity contribution in [3.05, 3.63) is 45.4 Å². The number of halogens is 1. The van der Waals surface area contributed by atoms with Gasteiger partial charge in [-0.3, -0.25) is 4.79 Å². The van der Waals surface area contributed by atoms with Crippen LogP contribution in [0.1, 0.15) is 11.3 Å². The van der Waals surface area contributed by atoms with Crippen molar-refractivity contribution in [2.24, 2.45) is 0 Å². The molecule has 2 heterocycles. The molecule has 0 aliphatic rings. The van der Waals surface area contributed by atoms with Crippen LogP contribution in [0.4, 0.5) is 5.82 Å². The molecule has 5 nitrogen and oxygen atoms in total. The lowest BCUT2D eigenvalue weighted by atomic mass is 10.2. The maximum absolute atomic E-state index is 11.3. The SMILES string of the molecule is Cc1occc1CN(C)c1nc[nH]c(=O)c1Cl. The molecule has 90 valence electrons. The van der Waals surface area contributed by atoms with E-state index in [1.165, 1.54) is 6.33 Å². The Balaban J connectivity index is 2.26. The highest BCUT2D eigenvalue weighted by Crippen LogP contribution is 2.20. The van der Waals surface area contributed by atoms with Crippen molar-refractivity contribution < 1.29 is 4.42 Å². The molecule has 0 amide bonds. The second-order valence-corrected chi connectivity index (χ2v) is 4.11. The van der Waals surface area contributed by atoms with E-state index in [1.54, 1.807) is 11.2 Å². The molecule has 0 aliphatic carbocycles. The number of hydrogen-bond acceptors (Lipinski definition) is 4. The molecule has 0 aliphatic heterocycles. The van der Waals surface area contributed by atoms with Gasteiger partial charge in [-0.1, -0.05) is 11.6 Å². The number of rotatable bonds is 3. The van der Waals surface area contributed by atoms with Gasteiger partial charge in [0.15, 0.2) is 5.82 Å². The second-order valence-electron chi connectivity index (χ2n) is 3.73. The van der Waals surface area contributed by atoms with Crippen LogP contribution in [0.2, 0.25) is 5.02 Å². The van der Waals surface area contributed by atoms with Gasteiger partial charge in [0.1, 0.15) is 10.8 Å². The van der Waals surface area contributed by atoms with Gasteiger partial charge in [-0.25, -0.2) is 4.98 Å². The Labute approximate surface area is 103 Å². The summed E-state index contributed by atoms with van der Waals surface area (Å²) in [5, 5.41) is 0.0937. The zero-order valence-corrected chi connectivity index (χ0v) is 10.3. The average molecular weight is 254 g/mol. The molecule has 0 spiro atoms. The molecule has 0 radical (unpaired) electrons. The fraction of sp³-hybridized carbons (Fsp3) is 0.273. The Bertz CT molecular complexity index is 576. The number of furan rings is 1. The normalized spacial score (nSPS) is 10.5. The van der Waals surface area contributed by atoms with E-state index in [1.807, 2.05) is 20.0 Å². The molecular weight excluding hydrogens is 242 g/mol. The first-order chi connectivity index (χ1) is 8.09. The molecule has 0 atom stereocenters. The number of aryl methyl sites for hydroxylation is 1. The summed E-state index contributed by atoms with van der Waals surface area (Å²) in [5.41, 5.74) is 0.693. The van der Waals surface area contributed by atoms with Gasteiger partial charge in [0.05, 0.1) is 12.6 Å². The molecule has 17 heavy (non-hydrogen) atoms. The first kappa shape index (κ1) is 11.7. The lowest BCUT2D eigenvalue weighted by Gasteiger charge is -2.18. The van der Waals surface area contributed by atoms with E-state index in [-0.39, 0.29) is 10.6 Å². The van der Waals surface area contributed by atoms with Crippen molar-refractivity contribution in [1.29, 1.82) is 0 Å². The molecule has 0 fully saturated rings. The molecule has 0 unspecified atom stereocenters. The van der Waals surface area contributed by atoms with Crippen molar-refractivity contribution in [2.75, 3.05) is 11.9 Å². The molecule has 0 saturated carbocycles. The van der Waals surface area contributed by atoms with E-state index < -0.39 is 0 Å². The first-order valence-corrected chi connectivity index (χ1v) is 5.44. The van der Waals surface area contributed by atoms with Crippen molar-refractivity contribution in [1.82, 2.24) is 9.97 Å². The standard InChI is InChI=1S/C11H12ClN3O2/c1-7-8(3-4-17-7)5-15(2)10-9(12)11(16)14-6-13-10/h3-4,6H,5H2,1-2H3,(H,13,14,16). The third-order valence-electron chi connectivity index (χ3n) is 2.51. The van der Waals surface area contributed by atoms with Gasteiger partial charge in [-0.05, 0) is 13.0 Å². The van der Waals surface area contributed by atoms with E-state index in [0.29, 0.717) is 12.4 Å². The fourth-order valence-electron chi connectivity index (χ4n) is 1.55. The Morgan fingerprint density at radius 3 is 3.00 bits per heavy atom. The smallest absolute Gasteiger partial charge is 0.271 e. The molecule has 1 N–H and O–H groups in total. The summed E-state index contributed by atoms with van der Waals surface area (Å²) in [7, 11) is 1.82. The number of aromatic amines is 1. The van der Waals surface area contributed by atoms with Gasteiger partial charge in [-0.2, -0.15) is 0 Å². The van der Waals surface area contributed by atoms with Crippen molar-refractivity contribution in [3.63, 3.8) is 0 Å². The van der Waals surface area contributed by atoms with Crippen LogP contribution in [0.3, 0.4) is 0 Å². The number of nitrogens with one attached hydrogen (secondary N) is 1. The van der Waals surface area contributed by atoms with E-state index >= 15 is 0 Å². The molecule has 2 aromatic rings. The summed E-state index contributed by atoms with van der Waals surface area (Å²) in [6.07, 6.45) is 2.97. The van der Waals surface area contributed by atoms with E-state index in [4.69, 9.17) is 16.0 Å². The van der Waals surface area contributed by atoms with Crippen LogP contribution in [0.25, 0.3) is 0 Å². The van der Waals surface area contributed by atoms with Gasteiger partial charge in [0, 0.05) is 19.2 Å². The summed E-state index contributed by atoms with van der Waals surface area (Å²) >= 11 is 5.90. The van der Waals surface area contributed by atoms with Crippen LogP contribution >= 0.6 is 11.6 Å². The van der Waals surface area contributed by atoms with Crippen LogP contribution in [0.5, 0.6) is 0 Å². The monoisotopic (exact) mass is 253 g/mol. The zero-order chi connectivity index (χ0) is 12.4. The highest BCUT2D eigenvalue weighted by molar-refractivity contribution is 6.32. The van der Waals surface area contributed by atoms with Gasteiger partial charge in [0.25, 0.3) is 5.56 Å². The minimum Gasteiger partial charge on any atom is -0.469 e. The molecule has 0 aromatic carbocycles. The lowest BCUT2D eigenvalue weighted by molar-refractivity contribution is 0.529. The van der Waals surface area contributed by atoms with Gasteiger partial charge < -0.3 is 14.3 Å². The van der Waals surface area contributed by atoms with Crippen LogP contribution in [0, 0.1) is 6.92 Å². The fourth-order valence-corrected chi connectivity index (χ4v) is 1.79. The average Bonchev–Trinajstić information content (AvgIpc) is 2.68. The van der Waals surface area contributed by atoms with Crippen LogP contribution < -0.4 is 10.5 Å². The Morgan fingerprint density at radius 2 is 2.35 bits per heavy atom. The maximum atomic E-state index is 11.3. The molecular formula is C11H12ClN3O2. The number of aromatic nitrogens is 2. The molecule has 6 heteroatoms. The van der Waals surface area contributed by atoms with Crippen molar-refractivity contribution >= 4 is 17.4 Å². The molecule has 2 aromatic heterocycles. The Hall–Kier alpha value is -1.75. The van der Waals surface area contributed by atoms with E-state index in [9.17, 15) is 4.79 Å². The summed E-state index contributed by atoms with van der Waals surface area (Å²) in [5.74, 6) is 1.30. The highest BCUT2D eigenvalue weighted by atomic mass is 35.5. The summed E-state index contributed by atoms with van der Waals surface area (Å²) in [6, 6.07) is 1.88. The zero-order valence-electron chi connectivity index (χ0n) is 9.53. The quantitative estimate of drug-likeness (QED) is 0.908. The van der Waals surface area contributed by atoms with Crippen LogP contribution in [-0.2, 0) is 6.54 Å². The third kappa shape index (κ3) is 2.34. The van der Waals surface area contributed by atoms with Crippen molar-refractivity contribution in [2.45, 2.75) is 13.5 Å². The first-order valence-electron chi connectivity index (χ1n) is 5.07. The Kier molecular flexibility index (Phi) is 3.19.